The first-order valence-corrected chi connectivity index (χ1v) is 8.05. The van der Waals surface area contributed by atoms with E-state index in [1.54, 1.807) is 0 Å². The van der Waals surface area contributed by atoms with E-state index in [9.17, 15) is 0 Å². The molecule has 1 aliphatic rings. The van der Waals surface area contributed by atoms with E-state index in [0.717, 1.165) is 44.2 Å². The van der Waals surface area contributed by atoms with Crippen molar-refractivity contribution < 1.29 is 4.74 Å². The summed E-state index contributed by atoms with van der Waals surface area (Å²) < 4.78 is 5.46. The van der Waals surface area contributed by atoms with Crippen LogP contribution < -0.4 is 0 Å². The van der Waals surface area contributed by atoms with Crippen LogP contribution in [0.25, 0.3) is 0 Å². The lowest BCUT2D eigenvalue weighted by molar-refractivity contribution is 0.0251. The van der Waals surface area contributed by atoms with E-state index in [1.165, 1.54) is 12.0 Å². The van der Waals surface area contributed by atoms with Crippen molar-refractivity contribution >= 4 is 0 Å². The Labute approximate surface area is 129 Å². The maximum atomic E-state index is 5.46. The molecule has 2 nitrogen and oxygen atoms in total. The smallest absolute Gasteiger partial charge is 0.0720 e. The van der Waals surface area contributed by atoms with Crippen molar-refractivity contribution in [3.05, 3.63) is 35.4 Å². The first-order valence-electron chi connectivity index (χ1n) is 8.05. The number of rotatable bonds is 4. The summed E-state index contributed by atoms with van der Waals surface area (Å²) in [7, 11) is 0. The molecule has 1 heterocycles. The molecule has 1 aliphatic heterocycles. The standard InChI is InChI=1S/C19H27NO/c1-16(2)4-10-19(20-12-14-21-15-13-20)11-9-18-7-5-17(3)6-8-18/h5-8,16,19H,4,10,12-15H2,1-3H3. The average Bonchev–Trinajstić information content (AvgIpc) is 2.50. The van der Waals surface area contributed by atoms with Crippen LogP contribution in [0.2, 0.25) is 0 Å². The van der Waals surface area contributed by atoms with Crippen LogP contribution in [0.3, 0.4) is 0 Å². The Balaban J connectivity index is 2.05. The quantitative estimate of drug-likeness (QED) is 0.785. The summed E-state index contributed by atoms with van der Waals surface area (Å²) in [5.41, 5.74) is 2.40. The van der Waals surface area contributed by atoms with E-state index in [1.807, 2.05) is 0 Å². The highest BCUT2D eigenvalue weighted by Gasteiger charge is 2.19. The predicted octanol–water partition coefficient (Wildman–Crippen LogP) is 3.48. The van der Waals surface area contributed by atoms with Gasteiger partial charge in [-0.25, -0.2) is 0 Å². The highest BCUT2D eigenvalue weighted by atomic mass is 16.5. The first kappa shape index (κ1) is 16.1. The predicted molar refractivity (Wildman–Crippen MR) is 88.3 cm³/mol. The van der Waals surface area contributed by atoms with E-state index < -0.39 is 0 Å². The van der Waals surface area contributed by atoms with Crippen LogP contribution in [0, 0.1) is 24.7 Å². The molecule has 1 saturated heterocycles. The topological polar surface area (TPSA) is 12.5 Å². The summed E-state index contributed by atoms with van der Waals surface area (Å²) in [5, 5.41) is 0. The Morgan fingerprint density at radius 3 is 2.38 bits per heavy atom. The fourth-order valence-electron chi connectivity index (χ4n) is 2.53. The first-order chi connectivity index (χ1) is 10.1. The molecule has 0 aliphatic carbocycles. The zero-order valence-electron chi connectivity index (χ0n) is 13.6. The maximum Gasteiger partial charge on any atom is 0.0720 e. The highest BCUT2D eigenvalue weighted by Crippen LogP contribution is 2.13. The number of morpholine rings is 1. The van der Waals surface area contributed by atoms with Crippen molar-refractivity contribution in [3.63, 3.8) is 0 Å². The summed E-state index contributed by atoms with van der Waals surface area (Å²) >= 11 is 0. The minimum absolute atomic E-state index is 0.359. The SMILES string of the molecule is Cc1ccc(C#CC(CCC(C)C)N2CCOCC2)cc1. The molecule has 1 aromatic rings. The van der Waals surface area contributed by atoms with Crippen molar-refractivity contribution in [3.8, 4) is 11.8 Å². The molecule has 0 radical (unpaired) electrons. The highest BCUT2D eigenvalue weighted by molar-refractivity contribution is 5.36. The second-order valence-electron chi connectivity index (χ2n) is 6.27. The van der Waals surface area contributed by atoms with Gasteiger partial charge >= 0.3 is 0 Å². The van der Waals surface area contributed by atoms with Crippen molar-refractivity contribution in [2.24, 2.45) is 5.92 Å². The molecular formula is C19H27NO. The number of hydrogen-bond acceptors (Lipinski definition) is 2. The van der Waals surface area contributed by atoms with Gasteiger partial charge in [-0.15, -0.1) is 0 Å². The van der Waals surface area contributed by atoms with Crippen LogP contribution in [0.1, 0.15) is 37.8 Å². The third-order valence-electron chi connectivity index (χ3n) is 3.94. The molecule has 1 atom stereocenters. The fraction of sp³-hybridized carbons (Fsp3) is 0.579. The molecule has 2 heteroatoms. The molecular weight excluding hydrogens is 258 g/mol. The van der Waals surface area contributed by atoms with Crippen LogP contribution >= 0.6 is 0 Å². The summed E-state index contributed by atoms with van der Waals surface area (Å²) in [6.45, 7) is 10.4. The lowest BCUT2D eigenvalue weighted by Crippen LogP contribution is -2.43. The second kappa shape index (κ2) is 8.22. The molecule has 0 bridgehead atoms. The Hall–Kier alpha value is -1.30. The number of aryl methyl sites for hydroxylation is 1. The third-order valence-corrected chi connectivity index (χ3v) is 3.94. The Morgan fingerprint density at radius 1 is 1.10 bits per heavy atom. The molecule has 114 valence electrons. The zero-order valence-corrected chi connectivity index (χ0v) is 13.6. The number of ether oxygens (including phenoxy) is 1. The van der Waals surface area contributed by atoms with E-state index in [-0.39, 0.29) is 0 Å². The summed E-state index contributed by atoms with van der Waals surface area (Å²) in [6, 6.07) is 8.84. The second-order valence-corrected chi connectivity index (χ2v) is 6.27. The number of nitrogens with zero attached hydrogens (tertiary/aromatic N) is 1. The number of hydrogen-bond donors (Lipinski definition) is 0. The monoisotopic (exact) mass is 285 g/mol. The van der Waals surface area contributed by atoms with Crippen molar-refractivity contribution in [1.82, 2.24) is 4.90 Å². The Kier molecular flexibility index (Phi) is 6.29. The van der Waals surface area contributed by atoms with Crippen molar-refractivity contribution in [1.29, 1.82) is 0 Å². The van der Waals surface area contributed by atoms with Crippen LogP contribution in [0.15, 0.2) is 24.3 Å². The molecule has 0 aromatic heterocycles. The number of benzene rings is 1. The molecule has 0 amide bonds. The van der Waals surface area contributed by atoms with Gasteiger partial charge in [-0.2, -0.15) is 0 Å². The van der Waals surface area contributed by atoms with Crippen LogP contribution in [0.5, 0.6) is 0 Å². The lowest BCUT2D eigenvalue weighted by atomic mass is 10.0. The molecule has 1 aromatic carbocycles. The van der Waals surface area contributed by atoms with Gasteiger partial charge in [-0.3, -0.25) is 4.90 Å². The molecule has 0 saturated carbocycles. The summed E-state index contributed by atoms with van der Waals surface area (Å²) in [4.78, 5) is 2.48. The van der Waals surface area contributed by atoms with Crippen molar-refractivity contribution in [2.45, 2.75) is 39.7 Å². The molecule has 2 rings (SSSR count). The van der Waals surface area contributed by atoms with Gasteiger partial charge in [0.1, 0.15) is 0 Å². The van der Waals surface area contributed by atoms with Crippen molar-refractivity contribution in [2.75, 3.05) is 26.3 Å². The zero-order chi connectivity index (χ0) is 15.1. The Bertz CT molecular complexity index is 475. The maximum absolute atomic E-state index is 5.46. The largest absolute Gasteiger partial charge is 0.379 e. The van der Waals surface area contributed by atoms with Gasteiger partial charge in [0.25, 0.3) is 0 Å². The molecule has 0 spiro atoms. The van der Waals surface area contributed by atoms with Gasteiger partial charge < -0.3 is 4.74 Å². The molecule has 21 heavy (non-hydrogen) atoms. The fourth-order valence-corrected chi connectivity index (χ4v) is 2.53. The van der Waals surface area contributed by atoms with Gasteiger partial charge in [-0.1, -0.05) is 43.4 Å². The van der Waals surface area contributed by atoms with Gasteiger partial charge in [0, 0.05) is 18.7 Å². The molecule has 1 fully saturated rings. The minimum Gasteiger partial charge on any atom is -0.379 e. The van der Waals surface area contributed by atoms with E-state index >= 15 is 0 Å². The van der Waals surface area contributed by atoms with Crippen LogP contribution in [-0.2, 0) is 4.74 Å². The minimum atomic E-state index is 0.359. The van der Waals surface area contributed by atoms with Gasteiger partial charge in [-0.05, 0) is 37.8 Å². The van der Waals surface area contributed by atoms with Gasteiger partial charge in [0.2, 0.25) is 0 Å². The average molecular weight is 285 g/mol. The van der Waals surface area contributed by atoms with E-state index in [2.05, 4.69) is 61.8 Å². The molecule has 0 N–H and O–H groups in total. The van der Waals surface area contributed by atoms with Gasteiger partial charge in [0.15, 0.2) is 0 Å². The normalized spacial score (nSPS) is 17.3. The van der Waals surface area contributed by atoms with E-state index in [0.29, 0.717) is 6.04 Å². The summed E-state index contributed by atoms with van der Waals surface area (Å²) in [6.07, 6.45) is 2.38. The van der Waals surface area contributed by atoms with Crippen LogP contribution in [-0.4, -0.2) is 37.2 Å². The molecule has 1 unspecified atom stereocenters. The third kappa shape index (κ3) is 5.53. The van der Waals surface area contributed by atoms with Crippen LogP contribution in [0.4, 0.5) is 0 Å². The van der Waals surface area contributed by atoms with E-state index in [4.69, 9.17) is 4.74 Å². The Morgan fingerprint density at radius 2 is 1.76 bits per heavy atom. The van der Waals surface area contributed by atoms with Gasteiger partial charge in [0.05, 0.1) is 19.3 Å². The summed E-state index contributed by atoms with van der Waals surface area (Å²) in [5.74, 6) is 7.59. The lowest BCUT2D eigenvalue weighted by Gasteiger charge is -2.31.